The number of ketones is 1. The Bertz CT molecular complexity index is 1330. The number of fused-ring (bicyclic) bond motifs is 3. The molecular weight excluding hydrogens is 392 g/mol. The maximum Gasteiger partial charge on any atom is 0.259 e. The molecule has 0 saturated carbocycles. The van der Waals surface area contributed by atoms with Gasteiger partial charge in [-0.3, -0.25) is 15.6 Å². The third-order valence-electron chi connectivity index (χ3n) is 5.48. The van der Waals surface area contributed by atoms with Gasteiger partial charge in [-0.05, 0) is 12.0 Å². The number of aromatic nitrogens is 4. The molecule has 0 fully saturated rings. The minimum atomic E-state index is -1.71. The third-order valence-corrected chi connectivity index (χ3v) is 5.48. The fourth-order valence-electron chi connectivity index (χ4n) is 4.16. The van der Waals surface area contributed by atoms with Crippen molar-refractivity contribution in [2.75, 3.05) is 0 Å². The summed E-state index contributed by atoms with van der Waals surface area (Å²) in [5, 5.41) is 52.0. The van der Waals surface area contributed by atoms with Gasteiger partial charge in [-0.2, -0.15) is 0 Å². The van der Waals surface area contributed by atoms with Gasteiger partial charge in [0.25, 0.3) is 23.8 Å². The summed E-state index contributed by atoms with van der Waals surface area (Å²) in [6.07, 6.45) is 0.0466. The summed E-state index contributed by atoms with van der Waals surface area (Å²) < 4.78 is 1.99. The summed E-state index contributed by atoms with van der Waals surface area (Å²) in [7, 11) is 0. The van der Waals surface area contributed by atoms with E-state index < -0.39 is 23.0 Å². The van der Waals surface area contributed by atoms with E-state index in [1.54, 1.807) is 24.3 Å². The summed E-state index contributed by atoms with van der Waals surface area (Å²) in [6.45, 7) is 0. The molecule has 13 heteroatoms. The van der Waals surface area contributed by atoms with Gasteiger partial charge in [-0.25, -0.2) is 19.1 Å². The highest BCUT2D eigenvalue weighted by Crippen LogP contribution is 2.51. The van der Waals surface area contributed by atoms with E-state index in [9.17, 15) is 15.0 Å². The molecule has 30 heavy (non-hydrogen) atoms. The van der Waals surface area contributed by atoms with Gasteiger partial charge in [-0.15, -0.1) is 20.5 Å². The van der Waals surface area contributed by atoms with Crippen LogP contribution in [0.2, 0.25) is 0 Å². The molecule has 0 unspecified atom stereocenters. The first-order valence-corrected chi connectivity index (χ1v) is 8.72. The Morgan fingerprint density at radius 3 is 1.90 bits per heavy atom. The minimum Gasteiger partial charge on any atom is -0.493 e. The first kappa shape index (κ1) is 16.4. The van der Waals surface area contributed by atoms with Gasteiger partial charge in [0.05, 0.1) is 0 Å². The molecule has 3 aliphatic rings. The van der Waals surface area contributed by atoms with Gasteiger partial charge in [0.2, 0.25) is 11.8 Å². The van der Waals surface area contributed by atoms with Crippen LogP contribution in [0.4, 0.5) is 11.9 Å². The number of rotatable bonds is 2. The van der Waals surface area contributed by atoms with Crippen molar-refractivity contribution in [3.05, 3.63) is 46.8 Å². The van der Waals surface area contributed by atoms with Crippen LogP contribution < -0.4 is 0 Å². The average Bonchev–Trinajstić information content (AvgIpc) is 3.50. The summed E-state index contributed by atoms with van der Waals surface area (Å²) in [5.74, 6) is -2.26. The summed E-state index contributed by atoms with van der Waals surface area (Å²) in [4.78, 5) is 22.2. The summed E-state index contributed by atoms with van der Waals surface area (Å²) in [6, 6.07) is 6.89. The molecule has 1 aromatic carbocycles. The number of hydrogen-bond donors (Lipinski definition) is 4. The van der Waals surface area contributed by atoms with Crippen molar-refractivity contribution < 1.29 is 15.0 Å². The van der Waals surface area contributed by atoms with Gasteiger partial charge in [-0.1, -0.05) is 24.3 Å². The Kier molecular flexibility index (Phi) is 2.78. The topological polar surface area (TPSA) is 190 Å². The Balaban J connectivity index is 1.69. The number of benzene rings is 1. The highest BCUT2D eigenvalue weighted by atomic mass is 16.3. The number of carbonyl (C=O) groups excluding carboxylic acids is 1. The van der Waals surface area contributed by atoms with Gasteiger partial charge < -0.3 is 10.2 Å². The minimum absolute atomic E-state index is 0.0466. The van der Waals surface area contributed by atoms with Crippen molar-refractivity contribution in [1.82, 2.24) is 19.1 Å². The predicted octanol–water partition coefficient (Wildman–Crippen LogP) is 1.98. The maximum absolute atomic E-state index is 13.7. The molecule has 0 spiro atoms. The largest absolute Gasteiger partial charge is 0.493 e. The second-order valence-electron chi connectivity index (χ2n) is 6.95. The van der Waals surface area contributed by atoms with E-state index in [1.165, 1.54) is 0 Å². The lowest BCUT2D eigenvalue weighted by Gasteiger charge is -2.24. The number of imidazole rings is 2. The van der Waals surface area contributed by atoms with Gasteiger partial charge >= 0.3 is 0 Å². The third kappa shape index (κ3) is 1.70. The normalized spacial score (nSPS) is 20.9. The molecule has 3 aromatic rings. The average molecular weight is 402 g/mol. The highest BCUT2D eigenvalue weighted by Gasteiger charge is 2.56. The highest BCUT2D eigenvalue weighted by molar-refractivity contribution is 6.11. The number of hydrogen-bond acceptors (Lipinski definition) is 9. The van der Waals surface area contributed by atoms with Gasteiger partial charge in [0.15, 0.2) is 5.78 Å². The van der Waals surface area contributed by atoms with Crippen molar-refractivity contribution >= 4 is 29.6 Å². The molecule has 2 aliphatic heterocycles. The SMILES string of the molecule is N=C1N=Nc2nc(C3(c4nc5n(c4O)C(=N)N=N5)Cc4ccccc4C3=O)c(O)n21. The molecule has 0 radical (unpaired) electrons. The van der Waals surface area contributed by atoms with Crippen molar-refractivity contribution in [3.63, 3.8) is 0 Å². The van der Waals surface area contributed by atoms with Crippen molar-refractivity contribution in [2.24, 2.45) is 20.5 Å². The van der Waals surface area contributed by atoms with Crippen LogP contribution in [-0.4, -0.2) is 47.0 Å². The van der Waals surface area contributed by atoms with Crippen LogP contribution in [0.5, 0.6) is 11.8 Å². The molecule has 6 rings (SSSR count). The molecule has 0 atom stereocenters. The van der Waals surface area contributed by atoms with Gasteiger partial charge in [0, 0.05) is 5.56 Å². The van der Waals surface area contributed by atoms with Crippen molar-refractivity contribution in [1.29, 1.82) is 10.8 Å². The van der Waals surface area contributed by atoms with E-state index in [1.807, 2.05) is 0 Å². The molecule has 0 bridgehead atoms. The second kappa shape index (κ2) is 5.08. The number of nitrogens with one attached hydrogen (secondary N) is 2. The standard InChI is InChI=1S/C17H10N10O3/c18-13-22-24-15-20-8(11(29)26(13)15)17(5-6-3-1-2-4-7(6)10(17)28)9-12(30)27-14(19)23-25-16(27)21-9/h1-4,18-19,29-30H,5H2. The van der Waals surface area contributed by atoms with Crippen molar-refractivity contribution in [2.45, 2.75) is 11.8 Å². The smallest absolute Gasteiger partial charge is 0.259 e. The fourth-order valence-corrected chi connectivity index (χ4v) is 4.16. The predicted molar refractivity (Wildman–Crippen MR) is 98.3 cm³/mol. The fraction of sp³-hybridized carbons (Fsp3) is 0.118. The maximum atomic E-state index is 13.7. The van der Waals surface area contributed by atoms with Crippen LogP contribution in [0.3, 0.4) is 0 Å². The van der Waals surface area contributed by atoms with E-state index >= 15 is 0 Å². The molecule has 4 N–H and O–H groups in total. The quantitative estimate of drug-likeness (QED) is 0.508. The number of Topliss-reactive ketones (excluding diaryl/α,β-unsaturated/α-hetero) is 1. The zero-order chi connectivity index (χ0) is 20.8. The first-order chi connectivity index (χ1) is 14.4. The van der Waals surface area contributed by atoms with Crippen molar-refractivity contribution in [3.8, 4) is 11.8 Å². The molecular formula is C17H10N10O3. The van der Waals surface area contributed by atoms with Crippen LogP contribution in [0.25, 0.3) is 0 Å². The number of azo groups is 2. The lowest BCUT2D eigenvalue weighted by atomic mass is 9.77. The molecule has 2 aromatic heterocycles. The molecule has 1 aliphatic carbocycles. The molecule has 146 valence electrons. The van der Waals surface area contributed by atoms with E-state index in [0.29, 0.717) is 11.1 Å². The Labute approximate surface area is 166 Å². The summed E-state index contributed by atoms with van der Waals surface area (Å²) in [5.41, 5.74) is -0.865. The lowest BCUT2D eigenvalue weighted by Crippen LogP contribution is -2.36. The van der Waals surface area contributed by atoms with Crippen LogP contribution in [-0.2, 0) is 11.8 Å². The van der Waals surface area contributed by atoms with E-state index in [4.69, 9.17) is 10.8 Å². The zero-order valence-electron chi connectivity index (χ0n) is 14.9. The lowest BCUT2D eigenvalue weighted by molar-refractivity contribution is 0.0920. The van der Waals surface area contributed by atoms with Crippen LogP contribution >= 0.6 is 0 Å². The zero-order valence-corrected chi connectivity index (χ0v) is 14.9. The molecule has 4 heterocycles. The van der Waals surface area contributed by atoms with E-state index in [0.717, 1.165) is 9.13 Å². The molecule has 13 nitrogen and oxygen atoms in total. The number of aromatic hydroxyl groups is 2. The summed E-state index contributed by atoms with van der Waals surface area (Å²) >= 11 is 0. The first-order valence-electron chi connectivity index (χ1n) is 8.72. The Morgan fingerprint density at radius 1 is 0.867 bits per heavy atom. The van der Waals surface area contributed by atoms with E-state index in [-0.39, 0.29) is 41.6 Å². The Morgan fingerprint density at radius 2 is 1.40 bits per heavy atom. The Hall–Kier alpha value is -4.55. The number of nitrogens with zero attached hydrogens (tertiary/aromatic N) is 8. The van der Waals surface area contributed by atoms with Crippen LogP contribution in [0, 0.1) is 10.8 Å². The number of carbonyl (C=O) groups is 1. The second-order valence-corrected chi connectivity index (χ2v) is 6.95. The molecule has 0 saturated heterocycles. The molecule has 0 amide bonds. The van der Waals surface area contributed by atoms with Gasteiger partial charge in [0.1, 0.15) is 16.8 Å². The van der Waals surface area contributed by atoms with Crippen LogP contribution in [0.15, 0.2) is 44.7 Å². The monoisotopic (exact) mass is 402 g/mol. The van der Waals surface area contributed by atoms with Crippen LogP contribution in [0.1, 0.15) is 27.3 Å². The van der Waals surface area contributed by atoms with E-state index in [2.05, 4.69) is 30.4 Å².